The summed E-state index contributed by atoms with van der Waals surface area (Å²) in [4.78, 5) is 61.7. The molecule has 0 radical (unpaired) electrons. The molecule has 51 heavy (non-hydrogen) atoms. The molecule has 0 bridgehead atoms. The number of benzene rings is 2. The van der Waals surface area contributed by atoms with E-state index in [4.69, 9.17) is 27.9 Å². The van der Waals surface area contributed by atoms with Crippen molar-refractivity contribution in [2.24, 2.45) is 29.1 Å². The van der Waals surface area contributed by atoms with Crippen molar-refractivity contribution in [1.29, 1.82) is 0 Å². The molecule has 2 aliphatic carbocycles. The van der Waals surface area contributed by atoms with Gasteiger partial charge in [-0.2, -0.15) is 18.2 Å². The first-order chi connectivity index (χ1) is 24.0. The van der Waals surface area contributed by atoms with Gasteiger partial charge in [-0.3, -0.25) is 24.2 Å². The lowest BCUT2D eigenvalue weighted by Gasteiger charge is -2.49. The van der Waals surface area contributed by atoms with Gasteiger partial charge in [0, 0.05) is 24.6 Å². The minimum Gasteiger partial charge on any atom is -0.508 e. The van der Waals surface area contributed by atoms with Crippen LogP contribution in [0, 0.1) is 34.9 Å². The van der Waals surface area contributed by atoms with Crippen molar-refractivity contribution >= 4 is 58.3 Å². The smallest absolute Gasteiger partial charge is 0.433 e. The second kappa shape index (κ2) is 11.9. The zero-order valence-electron chi connectivity index (χ0n) is 27.0. The fraction of sp³-hybridized carbons (Fsp3) is 0.343. The van der Waals surface area contributed by atoms with Crippen molar-refractivity contribution in [3.63, 3.8) is 0 Å². The number of methoxy groups -OCH3 is 1. The lowest BCUT2D eigenvalue weighted by atomic mass is 9.51. The molecule has 1 aromatic heterocycles. The normalized spacial score (nSPS) is 27.3. The van der Waals surface area contributed by atoms with Crippen molar-refractivity contribution < 1.29 is 46.6 Å². The number of pyridine rings is 1. The molecule has 10 nitrogen and oxygen atoms in total. The molecule has 2 aromatic carbocycles. The fourth-order valence-electron chi connectivity index (χ4n) is 8.31. The van der Waals surface area contributed by atoms with Crippen LogP contribution in [0.15, 0.2) is 60.2 Å². The number of carbonyl (C=O) groups excluding carboxylic acids is 4. The van der Waals surface area contributed by atoms with Crippen molar-refractivity contribution in [3.05, 3.63) is 87.3 Å². The van der Waals surface area contributed by atoms with E-state index in [-0.39, 0.29) is 39.9 Å². The number of phenolic OH excluding ortho intramolecular Hbond substituents is 1. The summed E-state index contributed by atoms with van der Waals surface area (Å²) in [7, 11) is 2.61. The van der Waals surface area contributed by atoms with E-state index in [0.29, 0.717) is 17.4 Å². The number of hydrazine groups is 1. The predicted octanol–water partition coefficient (Wildman–Crippen LogP) is 6.54. The molecule has 4 aliphatic rings. The summed E-state index contributed by atoms with van der Waals surface area (Å²) in [6, 6.07) is 9.59. The van der Waals surface area contributed by atoms with Gasteiger partial charge in [-0.25, -0.2) is 14.3 Å². The summed E-state index contributed by atoms with van der Waals surface area (Å²) in [5, 5.41) is 12.4. The summed E-state index contributed by atoms with van der Waals surface area (Å²) >= 11 is 12.3. The van der Waals surface area contributed by atoms with Gasteiger partial charge < -0.3 is 9.84 Å². The molecule has 1 N–H and O–H groups in total. The number of fused-ring (bicyclic) bond motifs is 4. The molecule has 2 saturated heterocycles. The summed E-state index contributed by atoms with van der Waals surface area (Å²) in [6.07, 6.45) is -3.14. The highest BCUT2D eigenvalue weighted by atomic mass is 35.5. The van der Waals surface area contributed by atoms with Crippen LogP contribution in [-0.2, 0) is 25.4 Å². The van der Waals surface area contributed by atoms with E-state index in [9.17, 15) is 41.8 Å². The Morgan fingerprint density at radius 1 is 0.980 bits per heavy atom. The van der Waals surface area contributed by atoms with Crippen LogP contribution in [0.1, 0.15) is 36.9 Å². The maximum Gasteiger partial charge on any atom is 0.433 e. The van der Waals surface area contributed by atoms with E-state index < -0.39 is 82.1 Å². The number of halogens is 6. The molecular weight excluding hydrogens is 719 g/mol. The van der Waals surface area contributed by atoms with Gasteiger partial charge in [-0.1, -0.05) is 40.9 Å². The predicted molar refractivity (Wildman–Crippen MR) is 175 cm³/mol. The van der Waals surface area contributed by atoms with Crippen molar-refractivity contribution in [2.75, 3.05) is 24.1 Å². The Kier molecular flexibility index (Phi) is 8.14. The molecule has 1 saturated carbocycles. The number of rotatable bonds is 5. The number of alkyl halides is 3. The number of imide groups is 2. The summed E-state index contributed by atoms with van der Waals surface area (Å²) in [5.74, 6) is -8.83. The Balaban J connectivity index is 1.33. The van der Waals surface area contributed by atoms with Gasteiger partial charge in [0.25, 0.3) is 11.8 Å². The minimum absolute atomic E-state index is 0.0166. The van der Waals surface area contributed by atoms with E-state index >= 15 is 0 Å². The molecule has 266 valence electrons. The fourth-order valence-corrected chi connectivity index (χ4v) is 8.72. The Morgan fingerprint density at radius 3 is 2.35 bits per heavy atom. The minimum atomic E-state index is -4.83. The number of amides is 4. The number of aromatic nitrogens is 1. The first-order valence-corrected chi connectivity index (χ1v) is 16.5. The molecule has 16 heteroatoms. The Morgan fingerprint density at radius 2 is 1.71 bits per heavy atom. The van der Waals surface area contributed by atoms with Gasteiger partial charge in [0.05, 0.1) is 46.0 Å². The van der Waals surface area contributed by atoms with E-state index in [1.165, 1.54) is 26.3 Å². The number of nitrogens with zero attached hydrogens (tertiary/aromatic N) is 4. The summed E-state index contributed by atoms with van der Waals surface area (Å²) < 4.78 is 60.1. The quantitative estimate of drug-likeness (QED) is 0.178. The lowest BCUT2D eigenvalue weighted by Crippen LogP contribution is -2.49. The SMILES string of the molecule is COc1ccc(C2C3=CCC4C(=O)N(N(C)c5nc(C(F)(F)F)ccc5Cl)C(=O)C4C3CC3C(=O)N(c4ccc(F)c(Cl)c4)C(=O)C32C)c(O)c1. The molecule has 0 spiro atoms. The number of carbonyl (C=O) groups is 4. The molecule has 6 atom stereocenters. The van der Waals surface area contributed by atoms with E-state index in [1.54, 1.807) is 25.1 Å². The van der Waals surface area contributed by atoms with Gasteiger partial charge in [0.1, 0.15) is 23.0 Å². The van der Waals surface area contributed by atoms with Crippen LogP contribution in [0.4, 0.5) is 29.1 Å². The molecule has 6 unspecified atom stereocenters. The number of hydrogen-bond donors (Lipinski definition) is 1. The van der Waals surface area contributed by atoms with E-state index in [1.807, 2.05) is 0 Å². The number of hydrogen-bond acceptors (Lipinski definition) is 8. The third-order valence-electron chi connectivity index (χ3n) is 10.7. The van der Waals surface area contributed by atoms with Crippen molar-refractivity contribution in [2.45, 2.75) is 31.9 Å². The monoisotopic (exact) mass is 746 g/mol. The van der Waals surface area contributed by atoms with E-state index in [0.717, 1.165) is 33.1 Å². The number of allylic oxidation sites excluding steroid dienone is 2. The largest absolute Gasteiger partial charge is 0.508 e. The maximum absolute atomic E-state index is 14.5. The molecule has 4 amide bonds. The van der Waals surface area contributed by atoms with Gasteiger partial charge in [0.15, 0.2) is 5.82 Å². The van der Waals surface area contributed by atoms with E-state index in [2.05, 4.69) is 4.98 Å². The molecule has 7 rings (SSSR count). The molecule has 3 heterocycles. The highest BCUT2D eigenvalue weighted by Gasteiger charge is 2.68. The summed E-state index contributed by atoms with van der Waals surface area (Å²) in [6.45, 7) is 1.60. The average Bonchev–Trinajstić information content (AvgIpc) is 3.45. The Hall–Kier alpha value is -4.69. The lowest BCUT2D eigenvalue weighted by molar-refractivity contribution is -0.141. The van der Waals surface area contributed by atoms with Gasteiger partial charge in [0.2, 0.25) is 11.8 Å². The van der Waals surface area contributed by atoms with Crippen molar-refractivity contribution in [3.8, 4) is 11.5 Å². The number of anilines is 2. The maximum atomic E-state index is 14.5. The first-order valence-electron chi connectivity index (χ1n) is 15.8. The summed E-state index contributed by atoms with van der Waals surface area (Å²) in [5.41, 5.74) is -1.97. The van der Waals surface area contributed by atoms with Crippen LogP contribution in [0.5, 0.6) is 11.5 Å². The molecule has 2 aliphatic heterocycles. The van der Waals surface area contributed by atoms with Gasteiger partial charge in [-0.15, -0.1) is 0 Å². The molecular formula is C35H28Cl2F4N4O6. The van der Waals surface area contributed by atoms with Crippen LogP contribution < -0.4 is 14.6 Å². The molecule has 3 aromatic rings. The Bertz CT molecular complexity index is 2080. The highest BCUT2D eigenvalue weighted by Crippen LogP contribution is 2.64. The number of aromatic hydroxyl groups is 1. The van der Waals surface area contributed by atoms with Crippen LogP contribution in [-0.4, -0.2) is 52.9 Å². The number of phenols is 1. The zero-order valence-corrected chi connectivity index (χ0v) is 28.6. The number of ether oxygens (including phenoxy) is 1. The Labute approximate surface area is 298 Å². The van der Waals surface area contributed by atoms with Gasteiger partial charge in [-0.05, 0) is 62.1 Å². The average molecular weight is 748 g/mol. The third kappa shape index (κ3) is 5.08. The van der Waals surface area contributed by atoms with Crippen molar-refractivity contribution in [1.82, 2.24) is 9.99 Å². The second-order valence-electron chi connectivity index (χ2n) is 13.2. The van der Waals surface area contributed by atoms with Crippen LogP contribution in [0.3, 0.4) is 0 Å². The van der Waals surface area contributed by atoms with Gasteiger partial charge >= 0.3 is 6.18 Å². The standard InChI is InChI=1S/C35H28Cl2F4N4O6/c1-34-21(31(48)44(33(34)50)15-4-10-24(38)23(37)12-15)14-20-17(28(34)18-6-5-16(51-3)13-25(18)46)7-8-19-27(20)32(49)45(30(19)47)43(2)29-22(36)9-11-26(42-29)35(39,40)41/h4-7,9-13,19-21,27-28,46H,8,14H2,1-3H3. The second-order valence-corrected chi connectivity index (χ2v) is 14.0. The third-order valence-corrected chi connectivity index (χ3v) is 11.3. The zero-order chi connectivity index (χ0) is 36.9. The van der Waals surface area contributed by atoms with Crippen LogP contribution >= 0.6 is 23.2 Å². The van der Waals surface area contributed by atoms with Crippen LogP contribution in [0.2, 0.25) is 10.0 Å². The molecule has 3 fully saturated rings. The van der Waals surface area contributed by atoms with Crippen LogP contribution in [0.25, 0.3) is 0 Å². The highest BCUT2D eigenvalue weighted by molar-refractivity contribution is 6.33. The topological polar surface area (TPSA) is 120 Å². The first kappa shape index (κ1) is 34.7.